The summed E-state index contributed by atoms with van der Waals surface area (Å²) in [7, 11) is 0. The molecule has 0 fully saturated rings. The highest BCUT2D eigenvalue weighted by Gasteiger charge is 2.20. The highest BCUT2D eigenvalue weighted by Crippen LogP contribution is 2.29. The molecule has 1 atom stereocenters. The molecule has 16 heavy (non-hydrogen) atoms. The van der Waals surface area contributed by atoms with E-state index < -0.39 is 0 Å². The van der Waals surface area contributed by atoms with Crippen molar-refractivity contribution in [2.45, 2.75) is 19.8 Å². The summed E-state index contributed by atoms with van der Waals surface area (Å²) in [5.41, 5.74) is 7.84. The van der Waals surface area contributed by atoms with Gasteiger partial charge in [-0.2, -0.15) is 0 Å². The second-order valence-electron chi connectivity index (χ2n) is 4.60. The van der Waals surface area contributed by atoms with Gasteiger partial charge in [0, 0.05) is 25.2 Å². The highest BCUT2D eigenvalue weighted by molar-refractivity contribution is 5.74. The van der Waals surface area contributed by atoms with Crippen LogP contribution in [0.15, 0.2) is 24.3 Å². The zero-order chi connectivity index (χ0) is 11.5. The van der Waals surface area contributed by atoms with Crippen LogP contribution >= 0.6 is 0 Å². The van der Waals surface area contributed by atoms with Gasteiger partial charge in [-0.1, -0.05) is 25.1 Å². The Morgan fingerprint density at radius 1 is 1.50 bits per heavy atom. The van der Waals surface area contributed by atoms with Gasteiger partial charge < -0.3 is 10.6 Å². The van der Waals surface area contributed by atoms with Crippen LogP contribution < -0.4 is 10.6 Å². The summed E-state index contributed by atoms with van der Waals surface area (Å²) in [4.78, 5) is 13.1. The van der Waals surface area contributed by atoms with Crippen LogP contribution in [-0.4, -0.2) is 19.0 Å². The highest BCUT2D eigenvalue weighted by atomic mass is 16.1. The van der Waals surface area contributed by atoms with Crippen LogP contribution in [-0.2, 0) is 11.2 Å². The van der Waals surface area contributed by atoms with Crippen LogP contribution in [0.25, 0.3) is 0 Å². The van der Waals surface area contributed by atoms with Crippen molar-refractivity contribution in [3.63, 3.8) is 0 Å². The number of benzene rings is 1. The molecule has 0 bridgehead atoms. The molecule has 1 amide bonds. The van der Waals surface area contributed by atoms with E-state index >= 15 is 0 Å². The Bertz CT molecular complexity index is 389. The van der Waals surface area contributed by atoms with Crippen LogP contribution in [0, 0.1) is 5.92 Å². The SMILES string of the molecule is CC1Cc2ccccc2N(CCC(N)=O)C1. The molecule has 0 saturated carbocycles. The zero-order valence-corrected chi connectivity index (χ0v) is 9.65. The number of primary amides is 1. The summed E-state index contributed by atoms with van der Waals surface area (Å²) in [6.07, 6.45) is 1.56. The summed E-state index contributed by atoms with van der Waals surface area (Å²) in [6.45, 7) is 3.99. The van der Waals surface area contributed by atoms with Crippen molar-refractivity contribution in [1.29, 1.82) is 0 Å². The minimum Gasteiger partial charge on any atom is -0.371 e. The van der Waals surface area contributed by atoms with Crippen molar-refractivity contribution in [1.82, 2.24) is 0 Å². The van der Waals surface area contributed by atoms with E-state index in [4.69, 9.17) is 5.73 Å². The second-order valence-corrected chi connectivity index (χ2v) is 4.60. The van der Waals surface area contributed by atoms with E-state index in [1.165, 1.54) is 11.3 Å². The van der Waals surface area contributed by atoms with E-state index in [9.17, 15) is 4.79 Å². The lowest BCUT2D eigenvalue weighted by Gasteiger charge is -2.34. The first kappa shape index (κ1) is 11.0. The number of carbonyl (C=O) groups is 1. The summed E-state index contributed by atoms with van der Waals surface area (Å²) in [5.74, 6) is 0.415. The molecule has 3 heteroatoms. The molecule has 1 aromatic rings. The lowest BCUT2D eigenvalue weighted by molar-refractivity contribution is -0.117. The van der Waals surface area contributed by atoms with Gasteiger partial charge in [0.1, 0.15) is 0 Å². The fraction of sp³-hybridized carbons (Fsp3) is 0.462. The topological polar surface area (TPSA) is 46.3 Å². The first-order valence-electron chi connectivity index (χ1n) is 5.78. The lowest BCUT2D eigenvalue weighted by atomic mass is 9.94. The Kier molecular flexibility index (Phi) is 3.13. The van der Waals surface area contributed by atoms with Crippen molar-refractivity contribution in [2.75, 3.05) is 18.0 Å². The molecule has 0 saturated heterocycles. The zero-order valence-electron chi connectivity index (χ0n) is 9.65. The summed E-state index contributed by atoms with van der Waals surface area (Å²) in [6, 6.07) is 8.42. The molecule has 1 aromatic carbocycles. The van der Waals surface area contributed by atoms with E-state index in [0.717, 1.165) is 19.5 Å². The van der Waals surface area contributed by atoms with Gasteiger partial charge in [0.15, 0.2) is 0 Å². The molecule has 0 aliphatic carbocycles. The Labute approximate surface area is 96.2 Å². The Morgan fingerprint density at radius 3 is 3.00 bits per heavy atom. The fourth-order valence-corrected chi connectivity index (χ4v) is 2.36. The Balaban J connectivity index is 2.16. The number of para-hydroxylation sites is 1. The largest absolute Gasteiger partial charge is 0.371 e. The minimum atomic E-state index is -0.226. The van der Waals surface area contributed by atoms with Gasteiger partial charge in [0.25, 0.3) is 0 Å². The number of hydrogen-bond donors (Lipinski definition) is 1. The van der Waals surface area contributed by atoms with Crippen molar-refractivity contribution in [2.24, 2.45) is 11.7 Å². The van der Waals surface area contributed by atoms with Crippen LogP contribution in [0.4, 0.5) is 5.69 Å². The van der Waals surface area contributed by atoms with Gasteiger partial charge in [-0.05, 0) is 24.0 Å². The maximum Gasteiger partial charge on any atom is 0.219 e. The predicted octanol–water partition coefficient (Wildman–Crippen LogP) is 1.56. The normalized spacial score (nSPS) is 19.3. The van der Waals surface area contributed by atoms with Gasteiger partial charge in [-0.3, -0.25) is 4.79 Å². The molecule has 0 spiro atoms. The fourth-order valence-electron chi connectivity index (χ4n) is 2.36. The van der Waals surface area contributed by atoms with Crippen LogP contribution in [0.3, 0.4) is 0 Å². The van der Waals surface area contributed by atoms with E-state index in [1.54, 1.807) is 0 Å². The standard InChI is InChI=1S/C13H18N2O/c1-10-8-11-4-2-3-5-12(11)15(9-10)7-6-13(14)16/h2-5,10H,6-9H2,1H3,(H2,14,16). The molecule has 2 N–H and O–H groups in total. The average molecular weight is 218 g/mol. The van der Waals surface area contributed by atoms with Crippen molar-refractivity contribution in [3.8, 4) is 0 Å². The molecule has 1 unspecified atom stereocenters. The van der Waals surface area contributed by atoms with Crippen LogP contribution in [0.5, 0.6) is 0 Å². The smallest absolute Gasteiger partial charge is 0.219 e. The van der Waals surface area contributed by atoms with Gasteiger partial charge in [-0.15, -0.1) is 0 Å². The number of nitrogens with zero attached hydrogens (tertiary/aromatic N) is 1. The third kappa shape index (κ3) is 2.35. The summed E-state index contributed by atoms with van der Waals surface area (Å²) < 4.78 is 0. The quantitative estimate of drug-likeness (QED) is 0.837. The van der Waals surface area contributed by atoms with Gasteiger partial charge in [0.2, 0.25) is 5.91 Å². The molecule has 0 radical (unpaired) electrons. The van der Waals surface area contributed by atoms with E-state index in [1.807, 2.05) is 6.07 Å². The van der Waals surface area contributed by atoms with Gasteiger partial charge >= 0.3 is 0 Å². The summed E-state index contributed by atoms with van der Waals surface area (Å²) in [5, 5.41) is 0. The Morgan fingerprint density at radius 2 is 2.25 bits per heavy atom. The van der Waals surface area contributed by atoms with Gasteiger partial charge in [0.05, 0.1) is 0 Å². The van der Waals surface area contributed by atoms with E-state index in [2.05, 4.69) is 30.0 Å². The molecule has 2 rings (SSSR count). The molecule has 1 heterocycles. The number of rotatable bonds is 3. The number of fused-ring (bicyclic) bond motifs is 1. The monoisotopic (exact) mass is 218 g/mol. The van der Waals surface area contributed by atoms with Crippen molar-refractivity contribution < 1.29 is 4.79 Å². The van der Waals surface area contributed by atoms with Crippen molar-refractivity contribution in [3.05, 3.63) is 29.8 Å². The molecule has 1 aliphatic heterocycles. The lowest BCUT2D eigenvalue weighted by Crippen LogP contribution is -2.36. The molecule has 86 valence electrons. The third-order valence-electron chi connectivity index (χ3n) is 3.06. The number of carbonyl (C=O) groups excluding carboxylic acids is 1. The Hall–Kier alpha value is -1.51. The molecule has 1 aliphatic rings. The number of hydrogen-bond acceptors (Lipinski definition) is 2. The van der Waals surface area contributed by atoms with E-state index in [0.29, 0.717) is 12.3 Å². The molecule has 0 aromatic heterocycles. The van der Waals surface area contributed by atoms with Gasteiger partial charge in [-0.25, -0.2) is 0 Å². The van der Waals surface area contributed by atoms with Crippen LogP contribution in [0.2, 0.25) is 0 Å². The predicted molar refractivity (Wildman–Crippen MR) is 65.3 cm³/mol. The number of nitrogens with two attached hydrogens (primary N) is 1. The number of anilines is 1. The van der Waals surface area contributed by atoms with E-state index in [-0.39, 0.29) is 5.91 Å². The average Bonchev–Trinajstić information content (AvgIpc) is 2.25. The summed E-state index contributed by atoms with van der Waals surface area (Å²) >= 11 is 0. The van der Waals surface area contributed by atoms with Crippen molar-refractivity contribution >= 4 is 11.6 Å². The number of amides is 1. The third-order valence-corrected chi connectivity index (χ3v) is 3.06. The second kappa shape index (κ2) is 4.56. The molecule has 3 nitrogen and oxygen atoms in total. The van der Waals surface area contributed by atoms with Crippen LogP contribution in [0.1, 0.15) is 18.9 Å². The first-order valence-corrected chi connectivity index (χ1v) is 5.78. The maximum absolute atomic E-state index is 10.8. The first-order chi connectivity index (χ1) is 7.66. The molecular weight excluding hydrogens is 200 g/mol. The molecular formula is C13H18N2O. The maximum atomic E-state index is 10.8. The minimum absolute atomic E-state index is 0.226.